The number of aliphatic imine (C=N–C) groups is 1. The predicted octanol–water partition coefficient (Wildman–Crippen LogP) is 7.43. The third-order valence-electron chi connectivity index (χ3n) is 6.99. The summed E-state index contributed by atoms with van der Waals surface area (Å²) in [5, 5.41) is 23.1. The van der Waals surface area contributed by atoms with Gasteiger partial charge in [-0.1, -0.05) is 68.0 Å². The van der Waals surface area contributed by atoms with E-state index in [1.807, 2.05) is 56.3 Å². The highest BCUT2D eigenvalue weighted by atomic mass is 16.4. The number of aromatic amines is 1. The van der Waals surface area contributed by atoms with Crippen LogP contribution < -0.4 is 5.63 Å². The van der Waals surface area contributed by atoms with Gasteiger partial charge in [0.15, 0.2) is 11.5 Å². The van der Waals surface area contributed by atoms with Gasteiger partial charge in [0.1, 0.15) is 0 Å². The first-order chi connectivity index (χ1) is 18.1. The molecule has 0 fully saturated rings. The van der Waals surface area contributed by atoms with Crippen LogP contribution >= 0.6 is 0 Å². The molecule has 1 aliphatic rings. The molecule has 4 aromatic rings. The number of aromatic nitrogens is 1. The number of rotatable bonds is 6. The fourth-order valence-electron chi connectivity index (χ4n) is 4.77. The largest absolute Gasteiger partial charge is 0.504 e. The zero-order chi connectivity index (χ0) is 27.2. The highest BCUT2D eigenvalue weighted by Crippen LogP contribution is 2.47. The number of hydrogen-bond donors (Lipinski definition) is 3. The number of hydrogen-bond acceptors (Lipinski definition) is 5. The summed E-state index contributed by atoms with van der Waals surface area (Å²) in [6.07, 6.45) is 7.96. The summed E-state index contributed by atoms with van der Waals surface area (Å²) < 4.78 is 5.39. The Balaban J connectivity index is 1.72. The number of aromatic hydroxyl groups is 2. The standard InChI is InChI=1S/C32H30N2O4/c1-6-32(4,5)30-25(22-11-7-8-13-23(22)34-30)26-28(35)24(38-31(37)29(26)36)16-20-17-33-27-19(15-14-18(2)3)10-9-12-21(20)27/h6-14,16-17,34-36H,1,15H2,2-5H3/b20-16+. The molecule has 3 heterocycles. The van der Waals surface area contributed by atoms with Crippen LogP contribution in [-0.2, 0) is 11.8 Å². The summed E-state index contributed by atoms with van der Waals surface area (Å²) in [5.74, 6) is -1.04. The smallest absolute Gasteiger partial charge is 0.379 e. The summed E-state index contributed by atoms with van der Waals surface area (Å²) >= 11 is 0. The Bertz CT molecular complexity index is 1740. The molecule has 6 nitrogen and oxygen atoms in total. The van der Waals surface area contributed by atoms with E-state index in [0.717, 1.165) is 34.1 Å². The zero-order valence-corrected chi connectivity index (χ0v) is 21.9. The molecule has 0 saturated heterocycles. The van der Waals surface area contributed by atoms with Crippen molar-refractivity contribution in [2.24, 2.45) is 4.99 Å². The minimum Gasteiger partial charge on any atom is -0.504 e. The van der Waals surface area contributed by atoms with E-state index in [1.165, 1.54) is 5.57 Å². The number of benzene rings is 2. The monoisotopic (exact) mass is 506 g/mol. The summed E-state index contributed by atoms with van der Waals surface area (Å²) in [4.78, 5) is 20.9. The number of nitrogens with zero attached hydrogens (tertiary/aromatic N) is 1. The first-order valence-electron chi connectivity index (χ1n) is 12.5. The fraction of sp³-hybridized carbons (Fsp3) is 0.188. The molecule has 38 heavy (non-hydrogen) atoms. The van der Waals surface area contributed by atoms with Crippen molar-refractivity contribution in [1.29, 1.82) is 0 Å². The second kappa shape index (κ2) is 9.38. The minimum atomic E-state index is -0.940. The molecule has 0 unspecified atom stereocenters. The Labute approximate surface area is 221 Å². The molecule has 0 bridgehead atoms. The Morgan fingerprint density at radius 3 is 2.58 bits per heavy atom. The quantitative estimate of drug-likeness (QED) is 0.237. The van der Waals surface area contributed by atoms with Crippen molar-refractivity contribution < 1.29 is 14.6 Å². The maximum absolute atomic E-state index is 12.9. The van der Waals surface area contributed by atoms with Gasteiger partial charge in [-0.3, -0.25) is 4.99 Å². The van der Waals surface area contributed by atoms with E-state index in [2.05, 4.69) is 36.5 Å². The lowest BCUT2D eigenvalue weighted by Gasteiger charge is -2.21. The lowest BCUT2D eigenvalue weighted by molar-refractivity contribution is 0.378. The van der Waals surface area contributed by atoms with E-state index >= 15 is 0 Å². The second-order valence-electron chi connectivity index (χ2n) is 10.3. The van der Waals surface area contributed by atoms with E-state index in [-0.39, 0.29) is 17.1 Å². The van der Waals surface area contributed by atoms with Gasteiger partial charge >= 0.3 is 5.63 Å². The molecule has 5 rings (SSSR count). The van der Waals surface area contributed by atoms with E-state index in [9.17, 15) is 15.0 Å². The van der Waals surface area contributed by atoms with Gasteiger partial charge in [-0.05, 0) is 38.0 Å². The molecule has 0 atom stereocenters. The average molecular weight is 507 g/mol. The summed E-state index contributed by atoms with van der Waals surface area (Å²) in [6.45, 7) is 12.0. The highest BCUT2D eigenvalue weighted by Gasteiger charge is 2.31. The molecule has 0 amide bonds. The fourth-order valence-corrected chi connectivity index (χ4v) is 4.77. The normalized spacial score (nSPS) is 13.7. The van der Waals surface area contributed by atoms with E-state index in [4.69, 9.17) is 4.42 Å². The van der Waals surface area contributed by atoms with Gasteiger partial charge in [0.25, 0.3) is 0 Å². The van der Waals surface area contributed by atoms with Gasteiger partial charge in [0, 0.05) is 44.9 Å². The SMILES string of the molecule is C=CC(C)(C)c1[nH]c2ccccc2c1-c1c(O)c(/C=C2\C=Nc3c(CC=C(C)C)cccc32)oc(=O)c1O. The topological polar surface area (TPSA) is 98.8 Å². The van der Waals surface area contributed by atoms with Crippen molar-refractivity contribution in [3.63, 3.8) is 0 Å². The van der Waals surface area contributed by atoms with Crippen LogP contribution in [0, 0.1) is 0 Å². The Morgan fingerprint density at radius 2 is 1.84 bits per heavy atom. The Hall–Kier alpha value is -4.58. The van der Waals surface area contributed by atoms with Crippen LogP contribution in [0.4, 0.5) is 5.69 Å². The summed E-state index contributed by atoms with van der Waals surface area (Å²) in [6, 6.07) is 13.5. The second-order valence-corrected chi connectivity index (χ2v) is 10.3. The maximum Gasteiger partial charge on any atom is 0.379 e. The number of allylic oxidation sites excluding steroid dienone is 4. The maximum atomic E-state index is 12.9. The van der Waals surface area contributed by atoms with Crippen LogP contribution in [0.1, 0.15) is 50.3 Å². The number of nitrogens with one attached hydrogen (secondary N) is 1. The number of H-pyrrole nitrogens is 1. The van der Waals surface area contributed by atoms with E-state index in [1.54, 1.807) is 18.4 Å². The first kappa shape index (κ1) is 25.1. The van der Waals surface area contributed by atoms with Gasteiger partial charge in [0.2, 0.25) is 5.75 Å². The molecule has 6 heteroatoms. The highest BCUT2D eigenvalue weighted by molar-refractivity contribution is 6.21. The van der Waals surface area contributed by atoms with Crippen molar-refractivity contribution in [1.82, 2.24) is 4.98 Å². The lowest BCUT2D eigenvalue weighted by atomic mass is 9.84. The molecular formula is C32H30N2O4. The summed E-state index contributed by atoms with van der Waals surface area (Å²) in [7, 11) is 0. The van der Waals surface area contributed by atoms with E-state index in [0.29, 0.717) is 16.8 Å². The van der Waals surface area contributed by atoms with Crippen LogP contribution in [0.25, 0.3) is 33.7 Å². The lowest BCUT2D eigenvalue weighted by Crippen LogP contribution is -2.15. The molecule has 0 saturated carbocycles. The van der Waals surface area contributed by atoms with Crippen molar-refractivity contribution in [3.05, 3.63) is 99.8 Å². The molecule has 2 aromatic carbocycles. The third-order valence-corrected chi connectivity index (χ3v) is 6.99. The van der Waals surface area contributed by atoms with Gasteiger partial charge in [0.05, 0.1) is 11.3 Å². The van der Waals surface area contributed by atoms with Gasteiger partial charge in [-0.25, -0.2) is 4.79 Å². The van der Waals surface area contributed by atoms with Crippen LogP contribution in [0.15, 0.2) is 81.0 Å². The molecule has 2 aromatic heterocycles. The number of fused-ring (bicyclic) bond motifs is 2. The Kier molecular flexibility index (Phi) is 6.19. The van der Waals surface area contributed by atoms with Crippen molar-refractivity contribution in [2.45, 2.75) is 39.5 Å². The summed E-state index contributed by atoms with van der Waals surface area (Å²) in [5.41, 5.74) is 5.28. The molecular weight excluding hydrogens is 476 g/mol. The predicted molar refractivity (Wildman–Crippen MR) is 154 cm³/mol. The van der Waals surface area contributed by atoms with Crippen molar-refractivity contribution >= 4 is 34.5 Å². The molecule has 192 valence electrons. The van der Waals surface area contributed by atoms with Gasteiger partial charge in [-0.2, -0.15) is 0 Å². The molecule has 0 radical (unpaired) electrons. The number of para-hydroxylation sites is 2. The zero-order valence-electron chi connectivity index (χ0n) is 21.9. The first-order valence-corrected chi connectivity index (χ1v) is 12.5. The third kappa shape index (κ3) is 4.18. The minimum absolute atomic E-state index is 0.0166. The molecule has 1 aliphatic heterocycles. The molecule has 3 N–H and O–H groups in total. The van der Waals surface area contributed by atoms with Gasteiger partial charge < -0.3 is 19.6 Å². The van der Waals surface area contributed by atoms with Crippen LogP contribution in [0.3, 0.4) is 0 Å². The Morgan fingerprint density at radius 1 is 1.08 bits per heavy atom. The van der Waals surface area contributed by atoms with Crippen molar-refractivity contribution in [2.75, 3.05) is 0 Å². The average Bonchev–Trinajstić information content (AvgIpc) is 3.49. The van der Waals surface area contributed by atoms with Crippen LogP contribution in [-0.4, -0.2) is 21.4 Å². The van der Waals surface area contributed by atoms with Crippen molar-refractivity contribution in [3.8, 4) is 22.6 Å². The van der Waals surface area contributed by atoms with Crippen LogP contribution in [0.2, 0.25) is 0 Å². The molecule has 0 aliphatic carbocycles. The van der Waals surface area contributed by atoms with Crippen LogP contribution in [0.5, 0.6) is 11.5 Å². The van der Waals surface area contributed by atoms with Gasteiger partial charge in [-0.15, -0.1) is 6.58 Å². The molecule has 0 spiro atoms. The van der Waals surface area contributed by atoms with E-state index < -0.39 is 16.8 Å².